The van der Waals surface area contributed by atoms with Crippen molar-refractivity contribution in [2.45, 2.75) is 30.4 Å². The summed E-state index contributed by atoms with van der Waals surface area (Å²) in [6.07, 6.45) is 0. The molecule has 8 heteroatoms. The highest BCUT2D eigenvalue weighted by molar-refractivity contribution is 7.99. The fourth-order valence-corrected chi connectivity index (χ4v) is 2.46. The molecule has 21 heavy (non-hydrogen) atoms. The van der Waals surface area contributed by atoms with Gasteiger partial charge in [-0.3, -0.25) is 0 Å². The van der Waals surface area contributed by atoms with E-state index in [1.54, 1.807) is 7.05 Å². The summed E-state index contributed by atoms with van der Waals surface area (Å²) in [6.45, 7) is 5.37. The first-order chi connectivity index (χ1) is 9.97. The van der Waals surface area contributed by atoms with E-state index in [0.717, 1.165) is 18.3 Å². The van der Waals surface area contributed by atoms with Gasteiger partial charge in [0.05, 0.1) is 4.90 Å². The molecule has 1 aromatic heterocycles. The largest absolute Gasteiger partial charge is 0.312 e. The van der Waals surface area contributed by atoms with Gasteiger partial charge in [0, 0.05) is 13.6 Å². The Hall–Kier alpha value is -1.54. The summed E-state index contributed by atoms with van der Waals surface area (Å²) in [7, 11) is 1.61. The molecule has 0 aliphatic carbocycles. The molecule has 2 rings (SSSR count). The van der Waals surface area contributed by atoms with Crippen LogP contribution in [0, 0.1) is 17.6 Å². The SMILES string of the molecule is CC(C)CNCc1cc(F)c(Sc2nnnn2C)c(F)c1. The van der Waals surface area contributed by atoms with Crippen molar-refractivity contribution in [3.63, 3.8) is 0 Å². The van der Waals surface area contributed by atoms with Crippen molar-refractivity contribution in [3.05, 3.63) is 29.3 Å². The average molecular weight is 313 g/mol. The van der Waals surface area contributed by atoms with E-state index in [9.17, 15) is 8.78 Å². The van der Waals surface area contributed by atoms with E-state index < -0.39 is 11.6 Å². The van der Waals surface area contributed by atoms with Crippen molar-refractivity contribution in [1.29, 1.82) is 0 Å². The fourth-order valence-electron chi connectivity index (χ4n) is 1.72. The second-order valence-electron chi connectivity index (χ2n) is 5.10. The third-order valence-corrected chi connectivity index (χ3v) is 3.84. The minimum atomic E-state index is -0.607. The lowest BCUT2D eigenvalue weighted by Gasteiger charge is -2.09. The molecule has 0 amide bonds. The van der Waals surface area contributed by atoms with Gasteiger partial charge in [-0.1, -0.05) is 13.8 Å². The van der Waals surface area contributed by atoms with Crippen LogP contribution in [0.1, 0.15) is 19.4 Å². The molecule has 1 N–H and O–H groups in total. The molecule has 0 fully saturated rings. The Morgan fingerprint density at radius 3 is 2.48 bits per heavy atom. The molecule has 0 aliphatic rings. The van der Waals surface area contributed by atoms with E-state index in [2.05, 4.69) is 34.7 Å². The van der Waals surface area contributed by atoms with Gasteiger partial charge in [0.25, 0.3) is 0 Å². The summed E-state index contributed by atoms with van der Waals surface area (Å²) >= 11 is 0.868. The smallest absolute Gasteiger partial charge is 0.214 e. The molecule has 0 saturated carbocycles. The zero-order valence-electron chi connectivity index (χ0n) is 12.1. The van der Waals surface area contributed by atoms with Crippen molar-refractivity contribution in [2.75, 3.05) is 6.54 Å². The van der Waals surface area contributed by atoms with Crippen molar-refractivity contribution >= 4 is 11.8 Å². The van der Waals surface area contributed by atoms with Crippen LogP contribution in [-0.2, 0) is 13.6 Å². The standard InChI is InChI=1S/C13H17F2N5S/c1-8(2)6-16-7-9-4-10(14)12(11(15)5-9)21-13-17-18-19-20(13)3/h4-5,8,16H,6-7H2,1-3H3. The van der Waals surface area contributed by atoms with E-state index in [0.29, 0.717) is 23.2 Å². The summed E-state index contributed by atoms with van der Waals surface area (Å²) in [6, 6.07) is 2.67. The van der Waals surface area contributed by atoms with E-state index in [1.165, 1.54) is 16.8 Å². The topological polar surface area (TPSA) is 55.6 Å². The third-order valence-electron chi connectivity index (χ3n) is 2.71. The van der Waals surface area contributed by atoms with Gasteiger partial charge in [-0.2, -0.15) is 0 Å². The Balaban J connectivity index is 2.12. The summed E-state index contributed by atoms with van der Waals surface area (Å²) in [5, 5.41) is 14.3. The van der Waals surface area contributed by atoms with Crippen LogP contribution in [0.5, 0.6) is 0 Å². The Morgan fingerprint density at radius 2 is 1.95 bits per heavy atom. The van der Waals surface area contributed by atoms with Crippen LogP contribution in [0.15, 0.2) is 22.2 Å². The highest BCUT2D eigenvalue weighted by Gasteiger charge is 2.15. The third kappa shape index (κ3) is 4.21. The average Bonchev–Trinajstić information content (AvgIpc) is 2.79. The van der Waals surface area contributed by atoms with E-state index in [4.69, 9.17) is 0 Å². The highest BCUT2D eigenvalue weighted by atomic mass is 32.2. The van der Waals surface area contributed by atoms with Crippen LogP contribution in [0.4, 0.5) is 8.78 Å². The van der Waals surface area contributed by atoms with Crippen LogP contribution >= 0.6 is 11.8 Å². The lowest BCUT2D eigenvalue weighted by molar-refractivity contribution is 0.524. The number of halogens is 2. The maximum atomic E-state index is 14.1. The van der Waals surface area contributed by atoms with Gasteiger partial charge in [0.15, 0.2) is 0 Å². The van der Waals surface area contributed by atoms with Crippen LogP contribution in [0.25, 0.3) is 0 Å². The second kappa shape index (κ2) is 6.95. The molecular formula is C13H17F2N5S. The number of nitrogens with zero attached hydrogens (tertiary/aromatic N) is 4. The fraction of sp³-hybridized carbons (Fsp3) is 0.462. The Kier molecular flexibility index (Phi) is 5.24. The number of nitrogens with one attached hydrogen (secondary N) is 1. The van der Waals surface area contributed by atoms with Gasteiger partial charge in [-0.05, 0) is 52.3 Å². The van der Waals surface area contributed by atoms with Crippen LogP contribution in [-0.4, -0.2) is 26.8 Å². The monoisotopic (exact) mass is 313 g/mol. The Labute approximate surface area is 126 Å². The Morgan fingerprint density at radius 1 is 1.29 bits per heavy atom. The first-order valence-electron chi connectivity index (χ1n) is 6.56. The molecule has 114 valence electrons. The van der Waals surface area contributed by atoms with Crippen molar-refractivity contribution in [1.82, 2.24) is 25.5 Å². The molecule has 0 atom stereocenters. The molecule has 0 aliphatic heterocycles. The minimum Gasteiger partial charge on any atom is -0.312 e. The van der Waals surface area contributed by atoms with E-state index in [-0.39, 0.29) is 4.90 Å². The lowest BCUT2D eigenvalue weighted by Crippen LogP contribution is -2.19. The molecule has 0 saturated heterocycles. The number of hydrogen-bond acceptors (Lipinski definition) is 5. The summed E-state index contributed by atoms with van der Waals surface area (Å²) < 4.78 is 29.5. The molecular weight excluding hydrogens is 296 g/mol. The normalized spacial score (nSPS) is 11.3. The van der Waals surface area contributed by atoms with Gasteiger partial charge in [0.1, 0.15) is 11.6 Å². The van der Waals surface area contributed by atoms with Crippen molar-refractivity contribution < 1.29 is 8.78 Å². The predicted molar refractivity (Wildman–Crippen MR) is 75.8 cm³/mol. The van der Waals surface area contributed by atoms with Gasteiger partial charge in [-0.25, -0.2) is 13.5 Å². The van der Waals surface area contributed by atoms with Crippen LogP contribution in [0.2, 0.25) is 0 Å². The number of rotatable bonds is 6. The first kappa shape index (κ1) is 15.8. The number of benzene rings is 1. The van der Waals surface area contributed by atoms with Crippen LogP contribution < -0.4 is 5.32 Å². The maximum Gasteiger partial charge on any atom is 0.214 e. The van der Waals surface area contributed by atoms with Gasteiger partial charge in [0.2, 0.25) is 5.16 Å². The number of tetrazole rings is 1. The Bertz CT molecular complexity index is 591. The van der Waals surface area contributed by atoms with Crippen molar-refractivity contribution in [2.24, 2.45) is 13.0 Å². The number of aryl methyl sites for hydroxylation is 1. The zero-order chi connectivity index (χ0) is 15.4. The van der Waals surface area contributed by atoms with Crippen molar-refractivity contribution in [3.8, 4) is 0 Å². The number of hydrogen-bond donors (Lipinski definition) is 1. The quantitative estimate of drug-likeness (QED) is 0.887. The summed E-state index contributed by atoms with van der Waals surface area (Å²) in [5.74, 6) is -0.730. The van der Waals surface area contributed by atoms with Gasteiger partial charge in [-0.15, -0.1) is 5.10 Å². The molecule has 1 aromatic carbocycles. The second-order valence-corrected chi connectivity index (χ2v) is 6.08. The maximum absolute atomic E-state index is 14.1. The molecule has 0 radical (unpaired) electrons. The van der Waals surface area contributed by atoms with Gasteiger partial charge >= 0.3 is 0 Å². The summed E-state index contributed by atoms with van der Waals surface area (Å²) in [4.78, 5) is -0.0968. The minimum absolute atomic E-state index is 0.0968. The zero-order valence-corrected chi connectivity index (χ0v) is 12.9. The molecule has 0 bridgehead atoms. The molecule has 0 spiro atoms. The predicted octanol–water partition coefficient (Wildman–Crippen LogP) is 2.39. The summed E-state index contributed by atoms with van der Waals surface area (Å²) in [5.41, 5.74) is 0.575. The lowest BCUT2D eigenvalue weighted by atomic mass is 10.2. The van der Waals surface area contributed by atoms with Gasteiger partial charge < -0.3 is 5.32 Å². The highest BCUT2D eigenvalue weighted by Crippen LogP contribution is 2.30. The first-order valence-corrected chi connectivity index (χ1v) is 7.38. The van der Waals surface area contributed by atoms with E-state index in [1.807, 2.05) is 0 Å². The molecule has 0 unspecified atom stereocenters. The molecule has 2 aromatic rings. The molecule has 5 nitrogen and oxygen atoms in total. The molecule has 1 heterocycles. The van der Waals surface area contributed by atoms with E-state index >= 15 is 0 Å². The number of aromatic nitrogens is 4. The van der Waals surface area contributed by atoms with Crippen LogP contribution in [0.3, 0.4) is 0 Å².